The van der Waals surface area contributed by atoms with Gasteiger partial charge in [-0.15, -0.1) is 11.6 Å². The third kappa shape index (κ3) is 3.18. The Balaban J connectivity index is 2.06. The van der Waals surface area contributed by atoms with Crippen molar-refractivity contribution in [2.75, 3.05) is 5.88 Å². The van der Waals surface area contributed by atoms with E-state index < -0.39 is 0 Å². The lowest BCUT2D eigenvalue weighted by molar-refractivity contribution is 0.754. The average Bonchev–Trinajstić information content (AvgIpc) is 2.79. The molecule has 3 rings (SSSR count). The molecular weight excluding hydrogens is 327 g/mol. The van der Waals surface area contributed by atoms with Gasteiger partial charge in [-0.3, -0.25) is 0 Å². The second-order valence-electron chi connectivity index (χ2n) is 4.81. The van der Waals surface area contributed by atoms with Crippen LogP contribution in [-0.4, -0.2) is 15.4 Å². The molecule has 21 heavy (non-hydrogen) atoms. The zero-order valence-corrected chi connectivity index (χ0v) is 13.5. The largest absolute Gasteiger partial charge is 0.323 e. The normalized spacial score (nSPS) is 11.2. The van der Waals surface area contributed by atoms with E-state index in [2.05, 4.69) is 9.55 Å². The summed E-state index contributed by atoms with van der Waals surface area (Å²) in [5.41, 5.74) is 3.13. The number of hydrogen-bond acceptors (Lipinski definition) is 1. The Bertz CT molecular complexity index is 763. The maximum Gasteiger partial charge on any atom is 0.111 e. The number of rotatable bonds is 4. The van der Waals surface area contributed by atoms with Crippen molar-refractivity contribution < 1.29 is 0 Å². The van der Waals surface area contributed by atoms with Crippen LogP contribution in [0.3, 0.4) is 0 Å². The second kappa shape index (κ2) is 6.27. The number of hydrogen-bond donors (Lipinski definition) is 0. The van der Waals surface area contributed by atoms with E-state index in [1.165, 1.54) is 5.56 Å². The average molecular weight is 340 g/mol. The standard InChI is InChI=1S/C16H13Cl3N2/c17-8-7-16-20-14-9-13(19)5-6-15(14)21(16)10-11-1-3-12(18)4-2-11/h1-6,9H,7-8,10H2. The molecule has 108 valence electrons. The Morgan fingerprint density at radius 1 is 0.952 bits per heavy atom. The summed E-state index contributed by atoms with van der Waals surface area (Å²) in [7, 11) is 0. The Kier molecular flexibility index (Phi) is 4.39. The van der Waals surface area contributed by atoms with Crippen LogP contribution in [0.5, 0.6) is 0 Å². The van der Waals surface area contributed by atoms with E-state index in [0.717, 1.165) is 34.8 Å². The molecule has 0 aliphatic carbocycles. The molecule has 0 bridgehead atoms. The van der Waals surface area contributed by atoms with E-state index in [1.807, 2.05) is 42.5 Å². The van der Waals surface area contributed by atoms with Gasteiger partial charge in [0.05, 0.1) is 11.0 Å². The number of benzene rings is 2. The molecule has 1 aromatic heterocycles. The quantitative estimate of drug-likeness (QED) is 0.599. The SMILES string of the molecule is ClCCc1nc2cc(Cl)ccc2n1Cc1ccc(Cl)cc1. The van der Waals surface area contributed by atoms with Gasteiger partial charge in [-0.2, -0.15) is 0 Å². The third-order valence-corrected chi connectivity index (χ3v) is 4.04. The van der Waals surface area contributed by atoms with Crippen LogP contribution in [-0.2, 0) is 13.0 Å². The molecule has 0 spiro atoms. The molecule has 0 N–H and O–H groups in total. The maximum absolute atomic E-state index is 6.04. The van der Waals surface area contributed by atoms with Crippen LogP contribution in [0.15, 0.2) is 42.5 Å². The zero-order valence-electron chi connectivity index (χ0n) is 11.2. The van der Waals surface area contributed by atoms with Crippen molar-refractivity contribution >= 4 is 45.8 Å². The molecule has 2 aromatic carbocycles. The van der Waals surface area contributed by atoms with Crippen LogP contribution in [0.2, 0.25) is 10.0 Å². The van der Waals surface area contributed by atoms with Crippen molar-refractivity contribution in [3.8, 4) is 0 Å². The highest BCUT2D eigenvalue weighted by molar-refractivity contribution is 6.31. The molecule has 0 fully saturated rings. The molecule has 0 saturated carbocycles. The topological polar surface area (TPSA) is 17.8 Å². The Morgan fingerprint density at radius 3 is 2.38 bits per heavy atom. The lowest BCUT2D eigenvalue weighted by atomic mass is 10.2. The smallest absolute Gasteiger partial charge is 0.111 e. The monoisotopic (exact) mass is 338 g/mol. The predicted molar refractivity (Wildman–Crippen MR) is 89.7 cm³/mol. The van der Waals surface area contributed by atoms with Crippen LogP contribution in [0.4, 0.5) is 0 Å². The van der Waals surface area contributed by atoms with Gasteiger partial charge in [-0.05, 0) is 35.9 Å². The van der Waals surface area contributed by atoms with Crippen LogP contribution in [0.1, 0.15) is 11.4 Å². The minimum Gasteiger partial charge on any atom is -0.323 e. The van der Waals surface area contributed by atoms with Crippen LogP contribution < -0.4 is 0 Å². The highest BCUT2D eigenvalue weighted by atomic mass is 35.5. The summed E-state index contributed by atoms with van der Waals surface area (Å²) in [5.74, 6) is 1.51. The Morgan fingerprint density at radius 2 is 1.67 bits per heavy atom. The summed E-state index contributed by atoms with van der Waals surface area (Å²) in [5, 5.41) is 1.43. The van der Waals surface area contributed by atoms with Gasteiger partial charge >= 0.3 is 0 Å². The Labute approximate surface area is 138 Å². The Hall–Kier alpha value is -1.22. The highest BCUT2D eigenvalue weighted by Crippen LogP contribution is 2.22. The van der Waals surface area contributed by atoms with Crippen molar-refractivity contribution in [3.05, 3.63) is 63.9 Å². The van der Waals surface area contributed by atoms with Gasteiger partial charge in [0.15, 0.2) is 0 Å². The summed E-state index contributed by atoms with van der Waals surface area (Å²) in [6.07, 6.45) is 0.724. The van der Waals surface area contributed by atoms with Gasteiger partial charge in [-0.1, -0.05) is 35.3 Å². The molecular formula is C16H13Cl3N2. The summed E-state index contributed by atoms with van der Waals surface area (Å²) in [6, 6.07) is 13.6. The maximum atomic E-state index is 6.04. The van der Waals surface area contributed by atoms with Gasteiger partial charge in [0.1, 0.15) is 5.82 Å². The van der Waals surface area contributed by atoms with Gasteiger partial charge in [-0.25, -0.2) is 4.98 Å². The molecule has 0 amide bonds. The fourth-order valence-electron chi connectivity index (χ4n) is 2.38. The minimum atomic E-state index is 0.539. The van der Waals surface area contributed by atoms with Crippen molar-refractivity contribution in [1.82, 2.24) is 9.55 Å². The van der Waals surface area contributed by atoms with E-state index >= 15 is 0 Å². The third-order valence-electron chi connectivity index (χ3n) is 3.36. The number of nitrogens with zero attached hydrogens (tertiary/aromatic N) is 2. The summed E-state index contributed by atoms with van der Waals surface area (Å²) in [6.45, 7) is 0.738. The van der Waals surface area contributed by atoms with E-state index in [1.54, 1.807) is 0 Å². The molecule has 0 atom stereocenters. The van der Waals surface area contributed by atoms with Crippen molar-refractivity contribution in [1.29, 1.82) is 0 Å². The van der Waals surface area contributed by atoms with E-state index in [9.17, 15) is 0 Å². The van der Waals surface area contributed by atoms with Crippen molar-refractivity contribution in [3.63, 3.8) is 0 Å². The first-order valence-corrected chi connectivity index (χ1v) is 7.91. The second-order valence-corrected chi connectivity index (χ2v) is 6.06. The summed E-state index contributed by atoms with van der Waals surface area (Å²) in [4.78, 5) is 4.64. The van der Waals surface area contributed by atoms with E-state index in [-0.39, 0.29) is 0 Å². The molecule has 1 heterocycles. The molecule has 0 aliphatic heterocycles. The lowest BCUT2D eigenvalue weighted by Crippen LogP contribution is -2.05. The zero-order chi connectivity index (χ0) is 14.8. The van der Waals surface area contributed by atoms with E-state index in [0.29, 0.717) is 10.9 Å². The number of halogens is 3. The molecule has 0 radical (unpaired) electrons. The number of fused-ring (bicyclic) bond motifs is 1. The molecule has 0 unspecified atom stereocenters. The van der Waals surface area contributed by atoms with Gasteiger partial charge in [0.25, 0.3) is 0 Å². The first kappa shape index (κ1) is 14.7. The molecule has 5 heteroatoms. The lowest BCUT2D eigenvalue weighted by Gasteiger charge is -2.09. The minimum absolute atomic E-state index is 0.539. The van der Waals surface area contributed by atoms with Crippen molar-refractivity contribution in [2.45, 2.75) is 13.0 Å². The first-order valence-electron chi connectivity index (χ1n) is 6.62. The van der Waals surface area contributed by atoms with Crippen LogP contribution in [0.25, 0.3) is 11.0 Å². The fraction of sp³-hybridized carbons (Fsp3) is 0.188. The number of aromatic nitrogens is 2. The summed E-state index contributed by atoms with van der Waals surface area (Å²) >= 11 is 17.9. The fourth-order valence-corrected chi connectivity index (χ4v) is 2.84. The molecule has 2 nitrogen and oxygen atoms in total. The van der Waals surface area contributed by atoms with Crippen molar-refractivity contribution in [2.24, 2.45) is 0 Å². The summed E-state index contributed by atoms with van der Waals surface area (Å²) < 4.78 is 2.18. The van der Waals surface area contributed by atoms with Crippen LogP contribution >= 0.6 is 34.8 Å². The molecule has 3 aromatic rings. The number of alkyl halides is 1. The number of imidazole rings is 1. The number of aryl methyl sites for hydroxylation is 1. The van der Waals surface area contributed by atoms with Gasteiger partial charge < -0.3 is 4.57 Å². The first-order chi connectivity index (χ1) is 10.2. The molecule has 0 aliphatic rings. The van der Waals surface area contributed by atoms with Gasteiger partial charge in [0.2, 0.25) is 0 Å². The predicted octanol–water partition coefficient (Wildman–Crippen LogP) is 5.17. The highest BCUT2D eigenvalue weighted by Gasteiger charge is 2.11. The van der Waals surface area contributed by atoms with Crippen LogP contribution in [0, 0.1) is 0 Å². The van der Waals surface area contributed by atoms with Gasteiger partial charge in [0, 0.05) is 28.9 Å². The molecule has 0 saturated heterocycles. The van der Waals surface area contributed by atoms with E-state index in [4.69, 9.17) is 34.8 Å².